The summed E-state index contributed by atoms with van der Waals surface area (Å²) in [5.41, 5.74) is 4.27. The zero-order chi connectivity index (χ0) is 26.0. The number of ether oxygens (including phenoxy) is 2. The second-order valence-corrected chi connectivity index (χ2v) is 11.2. The van der Waals surface area contributed by atoms with Gasteiger partial charge in [-0.25, -0.2) is 9.50 Å². The van der Waals surface area contributed by atoms with Crippen molar-refractivity contribution >= 4 is 11.5 Å². The topological polar surface area (TPSA) is 102 Å². The van der Waals surface area contributed by atoms with Gasteiger partial charge in [0.15, 0.2) is 0 Å². The predicted octanol–water partition coefficient (Wildman–Crippen LogP) is 3.17. The number of rotatable bonds is 9. The molecule has 0 spiro atoms. The number of nitrogens with zero attached hydrogens (tertiary/aromatic N) is 6. The average Bonchev–Trinajstić information content (AvgIpc) is 3.49. The molecule has 2 fully saturated rings. The molecule has 0 radical (unpaired) electrons. The molecule has 3 aromatic heterocycles. The van der Waals surface area contributed by atoms with Gasteiger partial charge in [-0.15, -0.1) is 5.10 Å². The molecule has 1 saturated carbocycles. The van der Waals surface area contributed by atoms with Gasteiger partial charge in [0.05, 0.1) is 50.4 Å². The number of morpholine rings is 1. The Bertz CT molecular complexity index is 1180. The van der Waals surface area contributed by atoms with E-state index in [2.05, 4.69) is 41.3 Å². The van der Waals surface area contributed by atoms with E-state index in [1.54, 1.807) is 7.11 Å². The van der Waals surface area contributed by atoms with E-state index in [4.69, 9.17) is 19.7 Å². The van der Waals surface area contributed by atoms with Crippen molar-refractivity contribution in [1.29, 1.82) is 0 Å². The number of aromatic nitrogens is 5. The molecule has 202 valence electrons. The van der Waals surface area contributed by atoms with Crippen molar-refractivity contribution in [3.8, 4) is 11.1 Å². The molecule has 1 atom stereocenters. The van der Waals surface area contributed by atoms with Crippen LogP contribution < -0.4 is 5.32 Å². The highest BCUT2D eigenvalue weighted by Gasteiger charge is 2.30. The first kappa shape index (κ1) is 26.1. The fraction of sp³-hybridized carbons (Fsp3) is 0.667. The zero-order valence-electron chi connectivity index (χ0n) is 22.6. The van der Waals surface area contributed by atoms with E-state index in [0.717, 1.165) is 75.2 Å². The molecule has 0 amide bonds. The maximum absolute atomic E-state index is 10.1. The number of nitrogens with one attached hydrogen (secondary N) is 1. The maximum atomic E-state index is 10.1. The molecular formula is C27H41N7O3. The highest BCUT2D eigenvalue weighted by molar-refractivity contribution is 5.81. The number of hydrogen-bond acceptors (Lipinski definition) is 8. The van der Waals surface area contributed by atoms with Crippen molar-refractivity contribution in [3.05, 3.63) is 30.4 Å². The van der Waals surface area contributed by atoms with E-state index >= 15 is 0 Å². The van der Waals surface area contributed by atoms with Crippen molar-refractivity contribution in [2.24, 2.45) is 0 Å². The Hall–Kier alpha value is -2.53. The van der Waals surface area contributed by atoms with Crippen molar-refractivity contribution < 1.29 is 14.6 Å². The van der Waals surface area contributed by atoms with Crippen LogP contribution in [0.3, 0.4) is 0 Å². The van der Waals surface area contributed by atoms with E-state index in [9.17, 15) is 5.11 Å². The summed E-state index contributed by atoms with van der Waals surface area (Å²) in [6.07, 6.45) is 9.34. The van der Waals surface area contributed by atoms with Gasteiger partial charge in [-0.2, -0.15) is 5.10 Å². The van der Waals surface area contributed by atoms with Crippen LogP contribution in [0.15, 0.2) is 24.7 Å². The van der Waals surface area contributed by atoms with E-state index < -0.39 is 0 Å². The predicted molar refractivity (Wildman–Crippen MR) is 143 cm³/mol. The summed E-state index contributed by atoms with van der Waals surface area (Å²) in [5.74, 6) is 0.929. The molecule has 2 N–H and O–H groups in total. The monoisotopic (exact) mass is 511 g/mol. The van der Waals surface area contributed by atoms with Gasteiger partial charge >= 0.3 is 0 Å². The minimum Gasteiger partial charge on any atom is -0.393 e. The molecule has 37 heavy (non-hydrogen) atoms. The fourth-order valence-electron chi connectivity index (χ4n) is 5.74. The Balaban J connectivity index is 1.45. The summed E-state index contributed by atoms with van der Waals surface area (Å²) in [6.45, 7) is 11.4. The highest BCUT2D eigenvalue weighted by Crippen LogP contribution is 2.37. The number of fused-ring (bicyclic) bond motifs is 1. The fourth-order valence-corrected chi connectivity index (χ4v) is 5.74. The summed E-state index contributed by atoms with van der Waals surface area (Å²) < 4.78 is 14.9. The van der Waals surface area contributed by atoms with Crippen LogP contribution >= 0.6 is 0 Å². The summed E-state index contributed by atoms with van der Waals surface area (Å²) >= 11 is 0. The molecule has 3 aromatic rings. The van der Waals surface area contributed by atoms with Crippen LogP contribution in [0.2, 0.25) is 0 Å². The first-order valence-electron chi connectivity index (χ1n) is 13.5. The second-order valence-electron chi connectivity index (χ2n) is 11.2. The van der Waals surface area contributed by atoms with Crippen LogP contribution in [0.1, 0.15) is 58.1 Å². The first-order chi connectivity index (χ1) is 17.8. The van der Waals surface area contributed by atoms with Crippen LogP contribution in [0.5, 0.6) is 0 Å². The number of anilines is 1. The molecule has 1 saturated heterocycles. The Morgan fingerprint density at radius 1 is 1.19 bits per heavy atom. The lowest BCUT2D eigenvalue weighted by molar-refractivity contribution is -0.0167. The van der Waals surface area contributed by atoms with Gasteiger partial charge in [0.1, 0.15) is 0 Å². The zero-order valence-corrected chi connectivity index (χ0v) is 22.6. The van der Waals surface area contributed by atoms with Crippen molar-refractivity contribution in [2.75, 3.05) is 45.3 Å². The molecule has 0 aromatic carbocycles. The lowest BCUT2D eigenvalue weighted by Gasteiger charge is -2.40. The number of hydrogen-bond donors (Lipinski definition) is 2. The van der Waals surface area contributed by atoms with E-state index in [1.807, 2.05) is 28.5 Å². The summed E-state index contributed by atoms with van der Waals surface area (Å²) in [7, 11) is 1.69. The normalized spacial score (nSPS) is 22.4. The third-order valence-corrected chi connectivity index (χ3v) is 7.81. The van der Waals surface area contributed by atoms with Crippen LogP contribution in [-0.4, -0.2) is 92.1 Å². The van der Waals surface area contributed by atoms with Gasteiger partial charge in [0.25, 0.3) is 0 Å². The summed E-state index contributed by atoms with van der Waals surface area (Å²) in [4.78, 5) is 7.11. The SMILES string of the molecule is COC[C@H](C)Nc1ncc2c(-c3cnn(CC(C)(C)N4CCOCC4)c3)cc([C@H]3CC[C@H](O)CC3)n2n1. The summed E-state index contributed by atoms with van der Waals surface area (Å²) in [5, 5.41) is 23.1. The lowest BCUT2D eigenvalue weighted by Crippen LogP contribution is -2.52. The van der Waals surface area contributed by atoms with Gasteiger partial charge < -0.3 is 19.9 Å². The minimum atomic E-state index is -0.197. The Labute approximate surface area is 219 Å². The quantitative estimate of drug-likeness (QED) is 0.452. The number of aliphatic hydroxyl groups is 1. The molecule has 1 aliphatic heterocycles. The van der Waals surface area contributed by atoms with Crippen molar-refractivity contribution in [3.63, 3.8) is 0 Å². The van der Waals surface area contributed by atoms with Crippen molar-refractivity contribution in [1.82, 2.24) is 29.3 Å². The molecule has 1 aliphatic carbocycles. The second kappa shape index (κ2) is 11.1. The molecule has 0 unspecified atom stereocenters. The van der Waals surface area contributed by atoms with Gasteiger partial charge in [0, 0.05) is 60.7 Å². The number of aliphatic hydroxyl groups excluding tert-OH is 1. The van der Waals surface area contributed by atoms with Crippen LogP contribution in [0, 0.1) is 0 Å². The largest absolute Gasteiger partial charge is 0.393 e. The maximum Gasteiger partial charge on any atom is 0.241 e. The summed E-state index contributed by atoms with van der Waals surface area (Å²) in [6, 6.07) is 2.35. The Morgan fingerprint density at radius 3 is 2.68 bits per heavy atom. The van der Waals surface area contributed by atoms with E-state index in [-0.39, 0.29) is 17.7 Å². The Morgan fingerprint density at radius 2 is 1.95 bits per heavy atom. The van der Waals surface area contributed by atoms with Crippen LogP contribution in [-0.2, 0) is 16.0 Å². The minimum absolute atomic E-state index is 0.0212. The number of methoxy groups -OCH3 is 1. The van der Waals surface area contributed by atoms with Gasteiger partial charge in [-0.3, -0.25) is 9.58 Å². The van der Waals surface area contributed by atoms with Crippen LogP contribution in [0.4, 0.5) is 5.95 Å². The van der Waals surface area contributed by atoms with Gasteiger partial charge in [0.2, 0.25) is 5.95 Å². The smallest absolute Gasteiger partial charge is 0.241 e. The third-order valence-electron chi connectivity index (χ3n) is 7.81. The first-order valence-corrected chi connectivity index (χ1v) is 13.5. The van der Waals surface area contributed by atoms with E-state index in [1.165, 1.54) is 5.69 Å². The molecule has 0 bridgehead atoms. The highest BCUT2D eigenvalue weighted by atomic mass is 16.5. The average molecular weight is 512 g/mol. The van der Waals surface area contributed by atoms with Gasteiger partial charge in [-0.1, -0.05) is 0 Å². The molecule has 4 heterocycles. The Kier molecular flexibility index (Phi) is 7.80. The molecule has 2 aliphatic rings. The third kappa shape index (κ3) is 5.82. The molecule has 10 nitrogen and oxygen atoms in total. The molecule has 5 rings (SSSR count). The molecule has 10 heteroatoms. The standard InChI is InChI=1S/C27H41N7O3/c1-19(17-36-4)30-26-28-15-25-23(13-24(34(25)31-26)20-5-7-22(35)8-6-20)21-14-29-33(16-21)18-27(2,3)32-9-11-37-12-10-32/h13-16,19-20,22,35H,5-12,17-18H2,1-4H3,(H,30,31)/t19-,20-,22-/m0/s1. The molecular weight excluding hydrogens is 470 g/mol. The van der Waals surface area contributed by atoms with Gasteiger partial charge in [-0.05, 0) is 52.5 Å². The van der Waals surface area contributed by atoms with Crippen LogP contribution in [0.25, 0.3) is 16.6 Å². The van der Waals surface area contributed by atoms with Crippen molar-refractivity contribution in [2.45, 2.75) is 76.6 Å². The lowest BCUT2D eigenvalue weighted by atomic mass is 9.85. The van der Waals surface area contributed by atoms with E-state index in [0.29, 0.717) is 18.5 Å².